The van der Waals surface area contributed by atoms with Crippen LogP contribution in [0.4, 0.5) is 11.5 Å². The molecule has 4 N–H and O–H groups in total. The van der Waals surface area contributed by atoms with E-state index in [1.54, 1.807) is 0 Å². The molecule has 0 bridgehead atoms. The molecule has 0 atom stereocenters. The highest BCUT2D eigenvalue weighted by Crippen LogP contribution is 2.21. The Hall–Kier alpha value is -1.78. The molecule has 0 fully saturated rings. The summed E-state index contributed by atoms with van der Waals surface area (Å²) < 4.78 is 0. The fourth-order valence-corrected chi connectivity index (χ4v) is 1.75. The smallest absolute Gasteiger partial charge is 0.337 e. The van der Waals surface area contributed by atoms with Gasteiger partial charge in [0.2, 0.25) is 0 Å². The molecule has 0 aliphatic rings. The van der Waals surface area contributed by atoms with Crippen molar-refractivity contribution in [2.24, 2.45) is 0 Å². The van der Waals surface area contributed by atoms with E-state index in [0.29, 0.717) is 5.82 Å². The van der Waals surface area contributed by atoms with Crippen molar-refractivity contribution in [3.05, 3.63) is 17.8 Å². The maximum Gasteiger partial charge on any atom is 0.337 e. The summed E-state index contributed by atoms with van der Waals surface area (Å²) in [5, 5.41) is 12.2. The van der Waals surface area contributed by atoms with Crippen molar-refractivity contribution in [1.29, 1.82) is 0 Å². The van der Waals surface area contributed by atoms with E-state index in [-0.39, 0.29) is 16.8 Å². The first-order chi connectivity index (χ1) is 7.85. The highest BCUT2D eigenvalue weighted by atomic mass is 16.4. The molecule has 1 aromatic rings. The third-order valence-corrected chi connectivity index (χ3v) is 2.51. The van der Waals surface area contributed by atoms with Gasteiger partial charge in [0, 0.05) is 5.54 Å². The standard InChI is InChI=1S/C12H19N3O2/c1-4-5-12(2,3)15-10-6-8(11(16)17)9(13)7-14-10/h6-7H,4-5,13H2,1-3H3,(H,14,15)(H,16,17). The molecular formula is C12H19N3O2. The number of nitrogen functional groups attached to an aromatic ring is 1. The molecule has 0 aliphatic heterocycles. The van der Waals surface area contributed by atoms with Gasteiger partial charge >= 0.3 is 5.97 Å². The molecule has 0 saturated carbocycles. The first-order valence-corrected chi connectivity index (χ1v) is 5.62. The molecule has 94 valence electrons. The van der Waals surface area contributed by atoms with Crippen LogP contribution in [0.15, 0.2) is 12.3 Å². The second kappa shape index (κ2) is 5.03. The number of hydrogen-bond acceptors (Lipinski definition) is 4. The minimum atomic E-state index is -1.04. The van der Waals surface area contributed by atoms with E-state index in [9.17, 15) is 4.79 Å². The summed E-state index contributed by atoms with van der Waals surface area (Å²) in [6, 6.07) is 1.47. The second-order valence-corrected chi connectivity index (χ2v) is 4.72. The fourth-order valence-electron chi connectivity index (χ4n) is 1.75. The Morgan fingerprint density at radius 3 is 2.76 bits per heavy atom. The molecular weight excluding hydrogens is 218 g/mol. The lowest BCUT2D eigenvalue weighted by Crippen LogP contribution is -2.31. The van der Waals surface area contributed by atoms with E-state index in [2.05, 4.69) is 31.1 Å². The number of hydrogen-bond donors (Lipinski definition) is 3. The first-order valence-electron chi connectivity index (χ1n) is 5.62. The van der Waals surface area contributed by atoms with Crippen LogP contribution in [0, 0.1) is 0 Å². The van der Waals surface area contributed by atoms with Crippen molar-refractivity contribution in [3.63, 3.8) is 0 Å². The molecule has 0 aliphatic carbocycles. The van der Waals surface area contributed by atoms with E-state index in [4.69, 9.17) is 10.8 Å². The number of pyridine rings is 1. The van der Waals surface area contributed by atoms with Crippen LogP contribution in [0.2, 0.25) is 0 Å². The van der Waals surface area contributed by atoms with Gasteiger partial charge in [-0.3, -0.25) is 0 Å². The van der Waals surface area contributed by atoms with Crippen LogP contribution in [0.25, 0.3) is 0 Å². The van der Waals surface area contributed by atoms with Crippen molar-refractivity contribution >= 4 is 17.5 Å². The number of nitrogens with zero attached hydrogens (tertiary/aromatic N) is 1. The predicted octanol–water partition coefficient (Wildman–Crippen LogP) is 2.35. The number of anilines is 2. The van der Waals surface area contributed by atoms with Gasteiger partial charge in [-0.25, -0.2) is 9.78 Å². The summed E-state index contributed by atoms with van der Waals surface area (Å²) in [4.78, 5) is 15.0. The Balaban J connectivity index is 2.93. The zero-order valence-corrected chi connectivity index (χ0v) is 10.4. The van der Waals surface area contributed by atoms with Crippen LogP contribution < -0.4 is 11.1 Å². The van der Waals surface area contributed by atoms with Crippen LogP contribution in [-0.2, 0) is 0 Å². The average Bonchev–Trinajstić information content (AvgIpc) is 2.20. The van der Waals surface area contributed by atoms with Crippen molar-refractivity contribution in [2.45, 2.75) is 39.2 Å². The Kier molecular flexibility index (Phi) is 3.93. The third-order valence-electron chi connectivity index (χ3n) is 2.51. The lowest BCUT2D eigenvalue weighted by Gasteiger charge is -2.26. The zero-order chi connectivity index (χ0) is 13.1. The number of rotatable bonds is 5. The number of aromatic carboxylic acids is 1. The van der Waals surface area contributed by atoms with Crippen molar-refractivity contribution in [3.8, 4) is 0 Å². The molecule has 0 amide bonds. The van der Waals surface area contributed by atoms with E-state index >= 15 is 0 Å². The van der Waals surface area contributed by atoms with Gasteiger partial charge in [0.1, 0.15) is 5.82 Å². The lowest BCUT2D eigenvalue weighted by atomic mass is 9.99. The summed E-state index contributed by atoms with van der Waals surface area (Å²) in [5.74, 6) is -0.503. The predicted molar refractivity (Wildman–Crippen MR) is 68.2 cm³/mol. The van der Waals surface area contributed by atoms with Crippen LogP contribution >= 0.6 is 0 Å². The van der Waals surface area contributed by atoms with Gasteiger partial charge in [0.25, 0.3) is 0 Å². The van der Waals surface area contributed by atoms with Gasteiger partial charge < -0.3 is 16.2 Å². The van der Waals surface area contributed by atoms with Gasteiger partial charge in [-0.05, 0) is 26.3 Å². The summed E-state index contributed by atoms with van der Waals surface area (Å²) in [7, 11) is 0. The SMILES string of the molecule is CCCC(C)(C)Nc1cc(C(=O)O)c(N)cn1. The lowest BCUT2D eigenvalue weighted by molar-refractivity contribution is 0.0698. The number of nitrogens with one attached hydrogen (secondary N) is 1. The molecule has 0 saturated heterocycles. The van der Waals surface area contributed by atoms with Crippen molar-refractivity contribution in [1.82, 2.24) is 4.98 Å². The van der Waals surface area contributed by atoms with Crippen molar-refractivity contribution < 1.29 is 9.90 Å². The molecule has 1 rings (SSSR count). The maximum atomic E-state index is 10.9. The second-order valence-electron chi connectivity index (χ2n) is 4.72. The van der Waals surface area contributed by atoms with Gasteiger partial charge in [-0.2, -0.15) is 0 Å². The topological polar surface area (TPSA) is 88.2 Å². The highest BCUT2D eigenvalue weighted by Gasteiger charge is 2.18. The largest absolute Gasteiger partial charge is 0.478 e. The zero-order valence-electron chi connectivity index (χ0n) is 10.4. The van der Waals surface area contributed by atoms with Gasteiger partial charge in [0.15, 0.2) is 0 Å². The van der Waals surface area contributed by atoms with Gasteiger partial charge in [-0.15, -0.1) is 0 Å². The van der Waals surface area contributed by atoms with E-state index in [0.717, 1.165) is 12.8 Å². The molecule has 5 heteroatoms. The number of carboxylic acids is 1. The number of nitrogens with two attached hydrogens (primary N) is 1. The van der Waals surface area contributed by atoms with Gasteiger partial charge in [0.05, 0.1) is 17.4 Å². The highest BCUT2D eigenvalue weighted by molar-refractivity contribution is 5.94. The molecule has 0 unspecified atom stereocenters. The first kappa shape index (κ1) is 13.3. The van der Waals surface area contributed by atoms with Crippen LogP contribution in [0.1, 0.15) is 44.0 Å². The van der Waals surface area contributed by atoms with Crippen LogP contribution in [0.3, 0.4) is 0 Å². The molecule has 1 aromatic heterocycles. The van der Waals surface area contributed by atoms with E-state index < -0.39 is 5.97 Å². The van der Waals surface area contributed by atoms with Gasteiger partial charge in [-0.1, -0.05) is 13.3 Å². The van der Waals surface area contributed by atoms with E-state index in [1.165, 1.54) is 12.3 Å². The average molecular weight is 237 g/mol. The number of aromatic nitrogens is 1. The monoisotopic (exact) mass is 237 g/mol. The molecule has 0 aromatic carbocycles. The Morgan fingerprint density at radius 1 is 1.59 bits per heavy atom. The fraction of sp³-hybridized carbons (Fsp3) is 0.500. The molecule has 0 spiro atoms. The third kappa shape index (κ3) is 3.62. The van der Waals surface area contributed by atoms with Crippen LogP contribution in [-0.4, -0.2) is 21.6 Å². The molecule has 1 heterocycles. The summed E-state index contributed by atoms with van der Waals surface area (Å²) in [6.45, 7) is 6.20. The maximum absolute atomic E-state index is 10.9. The Labute approximate surface area is 101 Å². The summed E-state index contributed by atoms with van der Waals surface area (Å²) in [6.07, 6.45) is 3.38. The Morgan fingerprint density at radius 2 is 2.24 bits per heavy atom. The van der Waals surface area contributed by atoms with E-state index in [1.807, 2.05) is 0 Å². The number of carboxylic acid groups (broad SMARTS) is 1. The molecule has 5 nitrogen and oxygen atoms in total. The number of carbonyl (C=O) groups is 1. The quantitative estimate of drug-likeness (QED) is 0.731. The Bertz CT molecular complexity index is 416. The minimum Gasteiger partial charge on any atom is -0.478 e. The minimum absolute atomic E-state index is 0.0785. The normalized spacial score (nSPS) is 11.2. The summed E-state index contributed by atoms with van der Waals surface area (Å²) >= 11 is 0. The molecule has 0 radical (unpaired) electrons. The molecule has 17 heavy (non-hydrogen) atoms. The van der Waals surface area contributed by atoms with Crippen LogP contribution in [0.5, 0.6) is 0 Å². The van der Waals surface area contributed by atoms with Crippen molar-refractivity contribution in [2.75, 3.05) is 11.1 Å². The summed E-state index contributed by atoms with van der Waals surface area (Å²) in [5.41, 5.74) is 5.68.